The number of carbonyl (C=O) groups is 1. The number of nitrogens with zero attached hydrogens (tertiary/aromatic N) is 2. The largest absolute Gasteiger partial charge is 0.383 e. The van der Waals surface area contributed by atoms with E-state index in [1.807, 2.05) is 6.92 Å². The highest BCUT2D eigenvalue weighted by Gasteiger charge is 2.05. The van der Waals surface area contributed by atoms with Gasteiger partial charge in [-0.3, -0.25) is 14.8 Å². The zero-order chi connectivity index (χ0) is 15.5. The van der Waals surface area contributed by atoms with E-state index in [9.17, 15) is 4.79 Å². The molecule has 0 aliphatic rings. The van der Waals surface area contributed by atoms with Crippen molar-refractivity contribution >= 4 is 11.9 Å². The third kappa shape index (κ3) is 6.71. The molecule has 0 aromatic carbocycles. The summed E-state index contributed by atoms with van der Waals surface area (Å²) in [4.78, 5) is 19.8. The number of methoxy groups -OCH3 is 1. The Morgan fingerprint density at radius 3 is 2.81 bits per heavy atom. The molecule has 7 heteroatoms. The van der Waals surface area contributed by atoms with Gasteiger partial charge in [-0.25, -0.2) is 0 Å². The SMILES string of the molecule is CN=C(NCCNC(=O)c1cccnc1)NC(C)COC. The van der Waals surface area contributed by atoms with Crippen LogP contribution in [0.3, 0.4) is 0 Å². The van der Waals surface area contributed by atoms with Gasteiger partial charge in [0.05, 0.1) is 12.2 Å². The van der Waals surface area contributed by atoms with E-state index in [1.165, 1.54) is 6.20 Å². The number of carbonyl (C=O) groups excluding carboxylic acids is 1. The van der Waals surface area contributed by atoms with E-state index in [0.29, 0.717) is 31.2 Å². The number of ether oxygens (including phenoxy) is 1. The number of nitrogens with one attached hydrogen (secondary N) is 3. The van der Waals surface area contributed by atoms with Crippen molar-refractivity contribution in [3.05, 3.63) is 30.1 Å². The van der Waals surface area contributed by atoms with Gasteiger partial charge in [0.2, 0.25) is 0 Å². The molecule has 0 radical (unpaired) electrons. The lowest BCUT2D eigenvalue weighted by Gasteiger charge is -2.17. The van der Waals surface area contributed by atoms with Crippen LogP contribution >= 0.6 is 0 Å². The number of pyridine rings is 1. The Kier molecular flexibility index (Phi) is 7.81. The summed E-state index contributed by atoms with van der Waals surface area (Å²) < 4.78 is 5.05. The van der Waals surface area contributed by atoms with Gasteiger partial charge in [-0.1, -0.05) is 0 Å². The van der Waals surface area contributed by atoms with Gasteiger partial charge in [0, 0.05) is 45.7 Å². The molecule has 1 rings (SSSR count). The molecule has 1 heterocycles. The maximum atomic E-state index is 11.8. The number of guanidine groups is 1. The second-order valence-electron chi connectivity index (χ2n) is 4.50. The van der Waals surface area contributed by atoms with Crippen LogP contribution in [-0.2, 0) is 4.74 Å². The summed E-state index contributed by atoms with van der Waals surface area (Å²) in [6.45, 7) is 3.66. The molecule has 21 heavy (non-hydrogen) atoms. The van der Waals surface area contributed by atoms with Crippen molar-refractivity contribution in [3.63, 3.8) is 0 Å². The normalized spacial score (nSPS) is 12.6. The molecule has 0 bridgehead atoms. The number of amides is 1. The highest BCUT2D eigenvalue weighted by molar-refractivity contribution is 5.93. The number of aliphatic imine (C=N–C) groups is 1. The predicted octanol–water partition coefficient (Wildman–Crippen LogP) is 0.0113. The summed E-state index contributed by atoms with van der Waals surface area (Å²) in [5.74, 6) is 0.538. The molecule has 0 saturated carbocycles. The van der Waals surface area contributed by atoms with Crippen LogP contribution in [0.25, 0.3) is 0 Å². The molecule has 3 N–H and O–H groups in total. The monoisotopic (exact) mass is 293 g/mol. The number of hydrogen-bond donors (Lipinski definition) is 3. The van der Waals surface area contributed by atoms with Crippen molar-refractivity contribution in [2.45, 2.75) is 13.0 Å². The van der Waals surface area contributed by atoms with E-state index in [0.717, 1.165) is 0 Å². The maximum absolute atomic E-state index is 11.8. The van der Waals surface area contributed by atoms with Crippen LogP contribution in [0.15, 0.2) is 29.5 Å². The molecular weight excluding hydrogens is 270 g/mol. The average molecular weight is 293 g/mol. The van der Waals surface area contributed by atoms with E-state index < -0.39 is 0 Å². The van der Waals surface area contributed by atoms with Crippen LogP contribution in [-0.4, -0.2) is 56.7 Å². The summed E-state index contributed by atoms with van der Waals surface area (Å²) >= 11 is 0. The van der Waals surface area contributed by atoms with Gasteiger partial charge in [0.25, 0.3) is 5.91 Å². The standard InChI is InChI=1S/C14H23N5O2/c1-11(10-21-3)19-14(15-2)18-8-7-17-13(20)12-5-4-6-16-9-12/h4-6,9,11H,7-8,10H2,1-3H3,(H,17,20)(H2,15,18,19). The van der Waals surface area contributed by atoms with Crippen LogP contribution < -0.4 is 16.0 Å². The molecule has 1 atom stereocenters. The fraction of sp³-hybridized carbons (Fsp3) is 0.500. The fourth-order valence-corrected chi connectivity index (χ4v) is 1.68. The van der Waals surface area contributed by atoms with Gasteiger partial charge < -0.3 is 20.7 Å². The molecule has 1 aromatic heterocycles. The van der Waals surface area contributed by atoms with E-state index in [2.05, 4.69) is 25.9 Å². The van der Waals surface area contributed by atoms with Crippen LogP contribution in [0.2, 0.25) is 0 Å². The minimum atomic E-state index is -0.138. The van der Waals surface area contributed by atoms with Crippen molar-refractivity contribution in [3.8, 4) is 0 Å². The summed E-state index contributed by atoms with van der Waals surface area (Å²) in [5, 5.41) is 9.11. The first-order valence-corrected chi connectivity index (χ1v) is 6.81. The number of rotatable bonds is 7. The Bertz CT molecular complexity index is 450. The molecule has 7 nitrogen and oxygen atoms in total. The predicted molar refractivity (Wildman–Crippen MR) is 82.4 cm³/mol. The number of hydrogen-bond acceptors (Lipinski definition) is 4. The van der Waals surface area contributed by atoms with Crippen molar-refractivity contribution in [1.82, 2.24) is 20.9 Å². The third-order valence-corrected chi connectivity index (χ3v) is 2.65. The van der Waals surface area contributed by atoms with Crippen molar-refractivity contribution < 1.29 is 9.53 Å². The fourth-order valence-electron chi connectivity index (χ4n) is 1.68. The number of aromatic nitrogens is 1. The highest BCUT2D eigenvalue weighted by atomic mass is 16.5. The van der Waals surface area contributed by atoms with E-state index >= 15 is 0 Å². The average Bonchev–Trinajstić information content (AvgIpc) is 2.51. The van der Waals surface area contributed by atoms with Crippen molar-refractivity contribution in [2.24, 2.45) is 4.99 Å². The smallest absolute Gasteiger partial charge is 0.252 e. The topological polar surface area (TPSA) is 87.6 Å². The Balaban J connectivity index is 2.25. The van der Waals surface area contributed by atoms with Crippen LogP contribution in [0.4, 0.5) is 0 Å². The van der Waals surface area contributed by atoms with Gasteiger partial charge in [-0.05, 0) is 19.1 Å². The minimum Gasteiger partial charge on any atom is -0.383 e. The van der Waals surface area contributed by atoms with Gasteiger partial charge >= 0.3 is 0 Å². The van der Waals surface area contributed by atoms with Crippen molar-refractivity contribution in [1.29, 1.82) is 0 Å². The lowest BCUT2D eigenvalue weighted by Crippen LogP contribution is -2.46. The zero-order valence-electron chi connectivity index (χ0n) is 12.7. The summed E-state index contributed by atoms with van der Waals surface area (Å²) in [5.41, 5.74) is 0.550. The molecule has 0 saturated heterocycles. The van der Waals surface area contributed by atoms with Gasteiger partial charge in [0.1, 0.15) is 0 Å². The zero-order valence-corrected chi connectivity index (χ0v) is 12.7. The molecule has 0 fully saturated rings. The van der Waals surface area contributed by atoms with Crippen molar-refractivity contribution in [2.75, 3.05) is 33.9 Å². The van der Waals surface area contributed by atoms with Crippen LogP contribution in [0.1, 0.15) is 17.3 Å². The molecule has 1 amide bonds. The van der Waals surface area contributed by atoms with E-state index in [4.69, 9.17) is 4.74 Å². The third-order valence-electron chi connectivity index (χ3n) is 2.65. The van der Waals surface area contributed by atoms with Crippen LogP contribution in [0, 0.1) is 0 Å². The van der Waals surface area contributed by atoms with Gasteiger partial charge in [-0.15, -0.1) is 0 Å². The first kappa shape index (κ1) is 16.9. The summed E-state index contributed by atoms with van der Waals surface area (Å²) in [6.07, 6.45) is 3.17. The summed E-state index contributed by atoms with van der Waals surface area (Å²) in [6, 6.07) is 3.62. The minimum absolute atomic E-state index is 0.138. The molecule has 116 valence electrons. The Labute approximate surface area is 125 Å². The lowest BCUT2D eigenvalue weighted by molar-refractivity contribution is 0.0954. The van der Waals surface area contributed by atoms with E-state index in [-0.39, 0.29) is 11.9 Å². The van der Waals surface area contributed by atoms with Gasteiger partial charge in [0.15, 0.2) is 5.96 Å². The second kappa shape index (κ2) is 9.71. The van der Waals surface area contributed by atoms with E-state index in [1.54, 1.807) is 32.5 Å². The maximum Gasteiger partial charge on any atom is 0.252 e. The highest BCUT2D eigenvalue weighted by Crippen LogP contribution is 1.94. The summed E-state index contributed by atoms with van der Waals surface area (Å²) in [7, 11) is 3.35. The molecule has 0 aliphatic heterocycles. The Morgan fingerprint density at radius 1 is 1.43 bits per heavy atom. The van der Waals surface area contributed by atoms with Gasteiger partial charge in [-0.2, -0.15) is 0 Å². The Morgan fingerprint density at radius 2 is 2.19 bits per heavy atom. The molecule has 1 unspecified atom stereocenters. The first-order chi connectivity index (χ1) is 10.2. The molecular formula is C14H23N5O2. The molecule has 0 spiro atoms. The first-order valence-electron chi connectivity index (χ1n) is 6.81. The molecule has 0 aliphatic carbocycles. The lowest BCUT2D eigenvalue weighted by atomic mass is 10.3. The second-order valence-corrected chi connectivity index (χ2v) is 4.50. The quantitative estimate of drug-likeness (QED) is 0.374. The Hall–Kier alpha value is -2.15. The van der Waals surface area contributed by atoms with Crippen LogP contribution in [0.5, 0.6) is 0 Å². The molecule has 1 aromatic rings.